The van der Waals surface area contributed by atoms with E-state index >= 15 is 0 Å². The number of sulfonamides is 1. The number of benzene rings is 1. The Kier molecular flexibility index (Phi) is 5.51. The molecule has 3 aliphatic rings. The number of carbonyl (C=O) groups is 1. The number of fused-ring (bicyclic) bond motifs is 1. The number of ether oxygens (including phenoxy) is 1. The van der Waals surface area contributed by atoms with Crippen molar-refractivity contribution in [2.24, 2.45) is 5.92 Å². The third-order valence-corrected chi connectivity index (χ3v) is 8.30. The molecule has 2 aliphatic heterocycles. The standard InChI is InChI=1S/C21H30N2O4S/c1-15-14-27-16(2)13-23(15)21(24)18-8-10-22(11-9-18)28(25,26)20-7-6-17-4-3-5-19(17)12-20/h6-7,12,15-16,18H,3-5,8-11,13-14H2,1-2H3. The van der Waals surface area contributed by atoms with Gasteiger partial charge in [-0.1, -0.05) is 6.07 Å². The lowest BCUT2D eigenvalue weighted by Crippen LogP contribution is -2.53. The Morgan fingerprint density at radius 2 is 1.82 bits per heavy atom. The van der Waals surface area contributed by atoms with Crippen LogP contribution in [0.4, 0.5) is 0 Å². The summed E-state index contributed by atoms with van der Waals surface area (Å²) < 4.78 is 33.3. The van der Waals surface area contributed by atoms with Crippen LogP contribution in [0.3, 0.4) is 0 Å². The molecule has 6 nitrogen and oxygen atoms in total. The van der Waals surface area contributed by atoms with Gasteiger partial charge in [0.1, 0.15) is 0 Å². The fourth-order valence-corrected chi connectivity index (χ4v) is 6.17. The first-order chi connectivity index (χ1) is 13.4. The summed E-state index contributed by atoms with van der Waals surface area (Å²) in [5.74, 6) is 0.0523. The molecule has 1 aromatic rings. The van der Waals surface area contributed by atoms with E-state index in [1.165, 1.54) is 11.1 Å². The average molecular weight is 407 g/mol. The zero-order chi connectivity index (χ0) is 19.9. The van der Waals surface area contributed by atoms with Crippen molar-refractivity contribution in [1.82, 2.24) is 9.21 Å². The van der Waals surface area contributed by atoms with Crippen LogP contribution in [0.25, 0.3) is 0 Å². The molecule has 1 amide bonds. The average Bonchev–Trinajstić information content (AvgIpc) is 3.17. The molecule has 0 spiro atoms. The number of hydrogen-bond acceptors (Lipinski definition) is 4. The molecule has 2 heterocycles. The highest BCUT2D eigenvalue weighted by atomic mass is 32.2. The van der Waals surface area contributed by atoms with Crippen LogP contribution >= 0.6 is 0 Å². The Hall–Kier alpha value is -1.44. The molecule has 2 saturated heterocycles. The van der Waals surface area contributed by atoms with Crippen LogP contribution in [-0.4, -0.2) is 61.9 Å². The molecule has 2 atom stereocenters. The maximum absolute atomic E-state index is 13.1. The third kappa shape index (κ3) is 3.72. The number of amides is 1. The summed E-state index contributed by atoms with van der Waals surface area (Å²) in [5, 5.41) is 0. The van der Waals surface area contributed by atoms with Crippen LogP contribution in [0.15, 0.2) is 23.1 Å². The maximum Gasteiger partial charge on any atom is 0.243 e. The van der Waals surface area contributed by atoms with E-state index in [1.54, 1.807) is 10.4 Å². The fourth-order valence-electron chi connectivity index (χ4n) is 4.65. The Bertz CT molecular complexity index is 846. The molecule has 0 bridgehead atoms. The second-order valence-electron chi connectivity index (χ2n) is 8.45. The van der Waals surface area contributed by atoms with Crippen molar-refractivity contribution < 1.29 is 17.9 Å². The van der Waals surface area contributed by atoms with Crippen molar-refractivity contribution in [3.8, 4) is 0 Å². The van der Waals surface area contributed by atoms with Gasteiger partial charge in [0.05, 0.1) is 23.6 Å². The summed E-state index contributed by atoms with van der Waals surface area (Å²) >= 11 is 0. The Morgan fingerprint density at radius 3 is 2.57 bits per heavy atom. The van der Waals surface area contributed by atoms with Crippen LogP contribution in [0.1, 0.15) is 44.2 Å². The van der Waals surface area contributed by atoms with Gasteiger partial charge in [0.2, 0.25) is 15.9 Å². The minimum absolute atomic E-state index is 0.0559. The van der Waals surface area contributed by atoms with Crippen molar-refractivity contribution in [2.75, 3.05) is 26.2 Å². The molecule has 0 N–H and O–H groups in total. The largest absolute Gasteiger partial charge is 0.375 e. The number of nitrogens with zero attached hydrogens (tertiary/aromatic N) is 2. The van der Waals surface area contributed by atoms with E-state index in [0.717, 1.165) is 19.3 Å². The van der Waals surface area contributed by atoms with E-state index < -0.39 is 10.0 Å². The van der Waals surface area contributed by atoms with Gasteiger partial charge in [-0.25, -0.2) is 8.42 Å². The number of carbonyl (C=O) groups excluding carboxylic acids is 1. The monoisotopic (exact) mass is 406 g/mol. The summed E-state index contributed by atoms with van der Waals surface area (Å²) in [7, 11) is -3.49. The zero-order valence-corrected chi connectivity index (χ0v) is 17.6. The van der Waals surface area contributed by atoms with Gasteiger partial charge in [-0.3, -0.25) is 4.79 Å². The van der Waals surface area contributed by atoms with Gasteiger partial charge >= 0.3 is 0 Å². The summed E-state index contributed by atoms with van der Waals surface area (Å²) in [6.07, 6.45) is 4.33. The van der Waals surface area contributed by atoms with Crippen LogP contribution < -0.4 is 0 Å². The van der Waals surface area contributed by atoms with Crippen molar-refractivity contribution >= 4 is 15.9 Å². The lowest BCUT2D eigenvalue weighted by atomic mass is 9.95. The van der Waals surface area contributed by atoms with Crippen molar-refractivity contribution in [2.45, 2.75) is 63.0 Å². The fraction of sp³-hybridized carbons (Fsp3) is 0.667. The number of piperidine rings is 1. The maximum atomic E-state index is 13.1. The van der Waals surface area contributed by atoms with Gasteiger partial charge in [-0.2, -0.15) is 4.31 Å². The van der Waals surface area contributed by atoms with E-state index in [2.05, 4.69) is 0 Å². The number of morpholine rings is 1. The topological polar surface area (TPSA) is 66.9 Å². The third-order valence-electron chi connectivity index (χ3n) is 6.40. The lowest BCUT2D eigenvalue weighted by Gasteiger charge is -2.40. The SMILES string of the molecule is CC1CN(C(=O)C2CCN(S(=O)(=O)c3ccc4c(c3)CCC4)CC2)C(C)CO1. The van der Waals surface area contributed by atoms with Gasteiger partial charge in [-0.05, 0) is 69.2 Å². The van der Waals surface area contributed by atoms with Crippen LogP contribution in [0.2, 0.25) is 0 Å². The normalized spacial score (nSPS) is 27.0. The van der Waals surface area contributed by atoms with E-state index in [0.29, 0.717) is 44.0 Å². The van der Waals surface area contributed by atoms with Crippen LogP contribution in [-0.2, 0) is 32.4 Å². The van der Waals surface area contributed by atoms with E-state index in [4.69, 9.17) is 4.74 Å². The highest BCUT2D eigenvalue weighted by Gasteiger charge is 2.36. The Balaban J connectivity index is 1.41. The van der Waals surface area contributed by atoms with E-state index in [-0.39, 0.29) is 24.0 Å². The number of rotatable bonds is 3. The van der Waals surface area contributed by atoms with Crippen LogP contribution in [0.5, 0.6) is 0 Å². The first kappa shape index (κ1) is 19.9. The number of hydrogen-bond donors (Lipinski definition) is 0. The predicted octanol–water partition coefficient (Wildman–Crippen LogP) is 2.21. The second kappa shape index (κ2) is 7.76. The van der Waals surface area contributed by atoms with Gasteiger partial charge in [0.25, 0.3) is 0 Å². The van der Waals surface area contributed by atoms with Gasteiger partial charge in [0, 0.05) is 25.6 Å². The minimum atomic E-state index is -3.49. The highest BCUT2D eigenvalue weighted by molar-refractivity contribution is 7.89. The molecule has 2 fully saturated rings. The predicted molar refractivity (Wildman–Crippen MR) is 107 cm³/mol. The molecule has 28 heavy (non-hydrogen) atoms. The van der Waals surface area contributed by atoms with Gasteiger partial charge in [-0.15, -0.1) is 0 Å². The lowest BCUT2D eigenvalue weighted by molar-refractivity contribution is -0.148. The smallest absolute Gasteiger partial charge is 0.243 e. The molecular formula is C21H30N2O4S. The summed E-state index contributed by atoms with van der Waals surface area (Å²) in [4.78, 5) is 15.3. The molecule has 4 rings (SSSR count). The van der Waals surface area contributed by atoms with Gasteiger partial charge < -0.3 is 9.64 Å². The zero-order valence-electron chi connectivity index (χ0n) is 16.8. The van der Waals surface area contributed by atoms with Crippen molar-refractivity contribution in [1.29, 1.82) is 0 Å². The molecule has 0 radical (unpaired) electrons. The molecule has 7 heteroatoms. The summed E-state index contributed by atoms with van der Waals surface area (Å²) in [6.45, 7) is 6.00. The summed E-state index contributed by atoms with van der Waals surface area (Å²) in [5.41, 5.74) is 2.44. The van der Waals surface area contributed by atoms with Crippen molar-refractivity contribution in [3.05, 3.63) is 29.3 Å². The first-order valence-corrected chi connectivity index (χ1v) is 11.8. The molecule has 0 saturated carbocycles. The highest BCUT2D eigenvalue weighted by Crippen LogP contribution is 2.29. The summed E-state index contributed by atoms with van der Waals surface area (Å²) in [6, 6.07) is 5.64. The van der Waals surface area contributed by atoms with Crippen LogP contribution in [0, 0.1) is 5.92 Å². The number of aryl methyl sites for hydroxylation is 2. The molecule has 2 unspecified atom stereocenters. The van der Waals surface area contributed by atoms with Crippen molar-refractivity contribution in [3.63, 3.8) is 0 Å². The molecule has 0 aromatic heterocycles. The Labute approximate surface area is 167 Å². The second-order valence-corrected chi connectivity index (χ2v) is 10.4. The van der Waals surface area contributed by atoms with Gasteiger partial charge in [0.15, 0.2) is 0 Å². The van der Waals surface area contributed by atoms with E-state index in [9.17, 15) is 13.2 Å². The Morgan fingerprint density at radius 1 is 1.11 bits per heavy atom. The molecule has 154 valence electrons. The van der Waals surface area contributed by atoms with E-state index in [1.807, 2.05) is 30.9 Å². The molecule has 1 aromatic carbocycles. The quantitative estimate of drug-likeness (QED) is 0.772. The molecular weight excluding hydrogens is 376 g/mol. The first-order valence-electron chi connectivity index (χ1n) is 10.4. The molecule has 1 aliphatic carbocycles. The minimum Gasteiger partial charge on any atom is -0.375 e.